The molecule has 1 aromatic rings. The summed E-state index contributed by atoms with van der Waals surface area (Å²) in [5.41, 5.74) is 8.12. The molecule has 0 aromatic heterocycles. The molecular weight excluding hydrogens is 234 g/mol. The summed E-state index contributed by atoms with van der Waals surface area (Å²) < 4.78 is 0. The number of hydrogen-bond acceptors (Lipinski definition) is 2. The second-order valence-corrected chi connectivity index (χ2v) is 5.77. The summed E-state index contributed by atoms with van der Waals surface area (Å²) in [6.07, 6.45) is 5.74. The van der Waals surface area contributed by atoms with Crippen LogP contribution in [0.2, 0.25) is 0 Å². The third-order valence-electron chi connectivity index (χ3n) is 4.37. The second kappa shape index (κ2) is 5.87. The Morgan fingerprint density at radius 1 is 1.26 bits per heavy atom. The molecule has 0 aliphatic heterocycles. The Morgan fingerprint density at radius 2 is 1.89 bits per heavy atom. The zero-order valence-electron chi connectivity index (χ0n) is 12.1. The van der Waals surface area contributed by atoms with Crippen molar-refractivity contribution in [3.8, 4) is 0 Å². The van der Waals surface area contributed by atoms with Crippen molar-refractivity contribution >= 4 is 5.78 Å². The average molecular weight is 259 g/mol. The number of rotatable bonds is 6. The molecule has 1 aromatic carbocycles. The van der Waals surface area contributed by atoms with E-state index in [4.69, 9.17) is 5.73 Å². The monoisotopic (exact) mass is 259 g/mol. The first-order valence-electron chi connectivity index (χ1n) is 7.55. The van der Waals surface area contributed by atoms with E-state index in [1.165, 1.54) is 5.56 Å². The fraction of sp³-hybridized carbons (Fsp3) is 0.588. The highest BCUT2D eigenvalue weighted by Crippen LogP contribution is 2.38. The molecular formula is C17H25NO. The van der Waals surface area contributed by atoms with E-state index in [0.717, 1.165) is 44.1 Å². The number of hydrogen-bond donors (Lipinski definition) is 1. The van der Waals surface area contributed by atoms with Crippen LogP contribution in [0, 0.1) is 5.92 Å². The van der Waals surface area contributed by atoms with Crippen molar-refractivity contribution in [2.45, 2.75) is 57.9 Å². The summed E-state index contributed by atoms with van der Waals surface area (Å²) >= 11 is 0. The first-order valence-corrected chi connectivity index (χ1v) is 7.55. The van der Waals surface area contributed by atoms with Gasteiger partial charge in [0.05, 0.1) is 0 Å². The molecule has 1 aliphatic carbocycles. The zero-order chi connectivity index (χ0) is 13.9. The van der Waals surface area contributed by atoms with Gasteiger partial charge in [-0.1, -0.05) is 51.0 Å². The van der Waals surface area contributed by atoms with E-state index in [9.17, 15) is 4.79 Å². The van der Waals surface area contributed by atoms with Gasteiger partial charge in [-0.05, 0) is 36.8 Å². The molecule has 1 aliphatic rings. The van der Waals surface area contributed by atoms with E-state index in [1.807, 2.05) is 18.2 Å². The Bertz CT molecular complexity index is 448. The Morgan fingerprint density at radius 3 is 2.53 bits per heavy atom. The van der Waals surface area contributed by atoms with Crippen LogP contribution >= 0.6 is 0 Å². The third kappa shape index (κ3) is 2.59. The molecule has 0 saturated carbocycles. The lowest BCUT2D eigenvalue weighted by molar-refractivity contribution is -0.129. The Balaban J connectivity index is 2.27. The smallest absolute Gasteiger partial charge is 0.160 e. The summed E-state index contributed by atoms with van der Waals surface area (Å²) in [7, 11) is 0. The van der Waals surface area contributed by atoms with Gasteiger partial charge in [0, 0.05) is 5.92 Å². The van der Waals surface area contributed by atoms with Gasteiger partial charge in [0.15, 0.2) is 5.78 Å². The van der Waals surface area contributed by atoms with Crippen LogP contribution in [0.25, 0.3) is 0 Å². The molecule has 19 heavy (non-hydrogen) atoms. The lowest BCUT2D eigenvalue weighted by Gasteiger charge is -2.28. The number of nitrogens with two attached hydrogens (primary N) is 1. The molecule has 2 N–H and O–H groups in total. The van der Waals surface area contributed by atoms with E-state index < -0.39 is 5.54 Å². The van der Waals surface area contributed by atoms with Gasteiger partial charge in [0.25, 0.3) is 0 Å². The number of carbonyl (C=O) groups excluding carboxylic acids is 1. The van der Waals surface area contributed by atoms with E-state index in [-0.39, 0.29) is 11.7 Å². The molecule has 2 nitrogen and oxygen atoms in total. The van der Waals surface area contributed by atoms with Gasteiger partial charge >= 0.3 is 0 Å². The van der Waals surface area contributed by atoms with Gasteiger partial charge in [-0.3, -0.25) is 4.79 Å². The Kier molecular flexibility index (Phi) is 4.41. The van der Waals surface area contributed by atoms with Crippen molar-refractivity contribution in [2.75, 3.05) is 0 Å². The van der Waals surface area contributed by atoms with Gasteiger partial charge in [0.2, 0.25) is 0 Å². The van der Waals surface area contributed by atoms with Crippen LogP contribution in [0.3, 0.4) is 0 Å². The largest absolute Gasteiger partial charge is 0.315 e. The molecule has 2 rings (SSSR count). The standard InChI is InChI=1S/C17H25NO/c1-3-7-14(8-4-2)16(19)17(18)12-11-13-9-5-6-10-15(13)17/h5-6,9-10,14H,3-4,7-8,11-12,18H2,1-2H3. The highest BCUT2D eigenvalue weighted by Gasteiger charge is 2.43. The maximum Gasteiger partial charge on any atom is 0.160 e. The van der Waals surface area contributed by atoms with Gasteiger partial charge < -0.3 is 5.73 Å². The molecule has 0 amide bonds. The van der Waals surface area contributed by atoms with Crippen molar-refractivity contribution in [2.24, 2.45) is 11.7 Å². The molecule has 0 heterocycles. The summed E-state index contributed by atoms with van der Waals surface area (Å²) in [6.45, 7) is 4.28. The van der Waals surface area contributed by atoms with Crippen LogP contribution in [0.4, 0.5) is 0 Å². The number of Topliss-reactive ketones (excluding diaryl/α,β-unsaturated/α-hetero) is 1. The fourth-order valence-corrected chi connectivity index (χ4v) is 3.36. The van der Waals surface area contributed by atoms with Crippen LogP contribution in [-0.4, -0.2) is 5.78 Å². The first-order chi connectivity index (χ1) is 9.13. The number of fused-ring (bicyclic) bond motifs is 1. The van der Waals surface area contributed by atoms with Crippen molar-refractivity contribution in [3.05, 3.63) is 35.4 Å². The topological polar surface area (TPSA) is 43.1 Å². The van der Waals surface area contributed by atoms with E-state index in [0.29, 0.717) is 0 Å². The molecule has 2 heteroatoms. The summed E-state index contributed by atoms with van der Waals surface area (Å²) in [6, 6.07) is 8.17. The lowest BCUT2D eigenvalue weighted by atomic mass is 9.78. The lowest BCUT2D eigenvalue weighted by Crippen LogP contribution is -2.46. The number of benzene rings is 1. The molecule has 0 fully saturated rings. The molecule has 1 atom stereocenters. The third-order valence-corrected chi connectivity index (χ3v) is 4.37. The minimum Gasteiger partial charge on any atom is -0.315 e. The normalized spacial score (nSPS) is 21.7. The highest BCUT2D eigenvalue weighted by atomic mass is 16.1. The van der Waals surface area contributed by atoms with Crippen molar-refractivity contribution in [3.63, 3.8) is 0 Å². The van der Waals surface area contributed by atoms with E-state index >= 15 is 0 Å². The van der Waals surface area contributed by atoms with Crippen molar-refractivity contribution < 1.29 is 4.79 Å². The van der Waals surface area contributed by atoms with Gasteiger partial charge in [-0.15, -0.1) is 0 Å². The number of ketones is 1. The summed E-state index contributed by atoms with van der Waals surface area (Å²) in [4.78, 5) is 12.9. The average Bonchev–Trinajstić information content (AvgIpc) is 2.77. The number of carbonyl (C=O) groups is 1. The van der Waals surface area contributed by atoms with Gasteiger partial charge in [-0.25, -0.2) is 0 Å². The predicted molar refractivity (Wildman–Crippen MR) is 78.9 cm³/mol. The molecule has 1 unspecified atom stereocenters. The van der Waals surface area contributed by atoms with Crippen LogP contribution in [0.5, 0.6) is 0 Å². The Hall–Kier alpha value is -1.15. The van der Waals surface area contributed by atoms with E-state index in [2.05, 4.69) is 19.9 Å². The second-order valence-electron chi connectivity index (χ2n) is 5.77. The van der Waals surface area contributed by atoms with Crippen molar-refractivity contribution in [1.82, 2.24) is 0 Å². The molecule has 0 saturated heterocycles. The van der Waals surface area contributed by atoms with Gasteiger partial charge in [0.1, 0.15) is 5.54 Å². The molecule has 0 bridgehead atoms. The predicted octanol–water partition coefficient (Wildman–Crippen LogP) is 3.57. The minimum absolute atomic E-state index is 0.131. The van der Waals surface area contributed by atoms with Crippen LogP contribution in [-0.2, 0) is 16.8 Å². The molecule has 0 spiro atoms. The maximum absolute atomic E-state index is 12.9. The Labute approximate surface area is 116 Å². The van der Waals surface area contributed by atoms with Crippen LogP contribution in [0.1, 0.15) is 57.1 Å². The zero-order valence-corrected chi connectivity index (χ0v) is 12.1. The highest BCUT2D eigenvalue weighted by molar-refractivity contribution is 5.92. The van der Waals surface area contributed by atoms with Crippen molar-refractivity contribution in [1.29, 1.82) is 0 Å². The quantitative estimate of drug-likeness (QED) is 0.848. The fourth-order valence-electron chi connectivity index (χ4n) is 3.36. The number of aryl methyl sites for hydroxylation is 1. The maximum atomic E-state index is 12.9. The SMILES string of the molecule is CCCC(CCC)C(=O)C1(N)CCc2ccccc21. The summed E-state index contributed by atoms with van der Waals surface area (Å²) in [5.74, 6) is 0.396. The first kappa shape index (κ1) is 14.3. The van der Waals surface area contributed by atoms with E-state index in [1.54, 1.807) is 0 Å². The molecule has 0 radical (unpaired) electrons. The summed E-state index contributed by atoms with van der Waals surface area (Å²) in [5, 5.41) is 0. The van der Waals surface area contributed by atoms with Crippen LogP contribution in [0.15, 0.2) is 24.3 Å². The minimum atomic E-state index is -0.731. The molecule has 104 valence electrons. The van der Waals surface area contributed by atoms with Gasteiger partial charge in [-0.2, -0.15) is 0 Å². The van der Waals surface area contributed by atoms with Crippen LogP contribution < -0.4 is 5.73 Å².